The van der Waals surface area contributed by atoms with E-state index in [1.54, 1.807) is 32.2 Å². The highest BCUT2D eigenvalue weighted by molar-refractivity contribution is 5.96. The maximum atomic E-state index is 12.6. The van der Waals surface area contributed by atoms with E-state index in [0.29, 0.717) is 28.0 Å². The Labute approximate surface area is 160 Å². The Kier molecular flexibility index (Phi) is 4.39. The third-order valence-corrected chi connectivity index (χ3v) is 4.67. The van der Waals surface area contributed by atoms with Crippen molar-refractivity contribution in [1.82, 2.24) is 0 Å². The number of methoxy groups -OCH3 is 1. The molecule has 142 valence electrons. The normalized spacial score (nSPS) is 11.1. The first-order chi connectivity index (χ1) is 13.5. The van der Waals surface area contributed by atoms with E-state index in [-0.39, 0.29) is 12.4 Å². The maximum absolute atomic E-state index is 12.6. The quantitative estimate of drug-likeness (QED) is 0.384. The summed E-state index contributed by atoms with van der Waals surface area (Å²) >= 11 is 0. The molecule has 0 unspecified atom stereocenters. The van der Waals surface area contributed by atoms with Crippen LogP contribution in [0.3, 0.4) is 0 Å². The molecule has 0 aliphatic heterocycles. The van der Waals surface area contributed by atoms with Crippen molar-refractivity contribution >= 4 is 27.9 Å². The van der Waals surface area contributed by atoms with E-state index in [2.05, 4.69) is 0 Å². The molecule has 0 aliphatic carbocycles. The topological polar surface area (TPSA) is 78.9 Å². The molecule has 6 heteroatoms. The molecule has 0 saturated heterocycles. The molecule has 0 spiro atoms. The molecular weight excluding hydrogens is 360 g/mol. The van der Waals surface area contributed by atoms with Gasteiger partial charge in [-0.1, -0.05) is 12.1 Å². The number of benzene rings is 2. The van der Waals surface area contributed by atoms with E-state index in [1.807, 2.05) is 25.1 Å². The maximum Gasteiger partial charge on any atom is 0.374 e. The van der Waals surface area contributed by atoms with Crippen molar-refractivity contribution in [3.05, 3.63) is 75.3 Å². The van der Waals surface area contributed by atoms with Crippen LogP contribution in [0, 0.1) is 13.8 Å². The Hall–Kier alpha value is -3.54. The molecule has 0 saturated carbocycles. The summed E-state index contributed by atoms with van der Waals surface area (Å²) in [6.45, 7) is 3.63. The molecule has 2 aromatic heterocycles. The van der Waals surface area contributed by atoms with Crippen molar-refractivity contribution in [3.63, 3.8) is 0 Å². The van der Waals surface area contributed by atoms with Crippen LogP contribution in [-0.4, -0.2) is 13.1 Å². The van der Waals surface area contributed by atoms with Crippen LogP contribution in [-0.2, 0) is 11.3 Å². The molecule has 0 amide bonds. The standard InChI is InChI=1S/C22H18O6/c1-12-4-6-16-14(9-20(23)27-19(16)8-12)11-26-22(24)21-13(2)17-10-15(25-3)5-7-18(17)28-21/h4-10H,11H2,1-3H3. The summed E-state index contributed by atoms with van der Waals surface area (Å²) < 4.78 is 21.5. The Balaban J connectivity index is 1.63. The van der Waals surface area contributed by atoms with Crippen molar-refractivity contribution in [3.8, 4) is 5.75 Å². The van der Waals surface area contributed by atoms with E-state index < -0.39 is 11.6 Å². The fourth-order valence-corrected chi connectivity index (χ4v) is 3.19. The molecule has 0 atom stereocenters. The van der Waals surface area contributed by atoms with Crippen LogP contribution < -0.4 is 10.4 Å². The van der Waals surface area contributed by atoms with Gasteiger partial charge in [0.15, 0.2) is 0 Å². The van der Waals surface area contributed by atoms with Gasteiger partial charge in [-0.3, -0.25) is 0 Å². The van der Waals surface area contributed by atoms with Crippen molar-refractivity contribution in [2.75, 3.05) is 7.11 Å². The van der Waals surface area contributed by atoms with Crippen LogP contribution in [0.25, 0.3) is 21.9 Å². The van der Waals surface area contributed by atoms with Crippen LogP contribution in [0.5, 0.6) is 5.75 Å². The molecule has 28 heavy (non-hydrogen) atoms. The van der Waals surface area contributed by atoms with E-state index >= 15 is 0 Å². The molecule has 6 nitrogen and oxygen atoms in total. The number of fused-ring (bicyclic) bond motifs is 2. The number of hydrogen-bond acceptors (Lipinski definition) is 6. The monoisotopic (exact) mass is 378 g/mol. The minimum absolute atomic E-state index is 0.0657. The molecule has 2 aromatic carbocycles. The molecule has 4 rings (SSSR count). The van der Waals surface area contributed by atoms with Gasteiger partial charge in [0.2, 0.25) is 5.76 Å². The lowest BCUT2D eigenvalue weighted by molar-refractivity contribution is 0.0438. The molecule has 4 aromatic rings. The predicted molar refractivity (Wildman–Crippen MR) is 104 cm³/mol. The van der Waals surface area contributed by atoms with Gasteiger partial charge in [0.1, 0.15) is 23.5 Å². The number of hydrogen-bond donors (Lipinski definition) is 0. The van der Waals surface area contributed by atoms with Crippen LogP contribution in [0.4, 0.5) is 0 Å². The largest absolute Gasteiger partial charge is 0.497 e. The summed E-state index contributed by atoms with van der Waals surface area (Å²) in [5.74, 6) is 0.210. The third-order valence-electron chi connectivity index (χ3n) is 4.67. The van der Waals surface area contributed by atoms with E-state index in [1.165, 1.54) is 6.07 Å². The number of rotatable bonds is 4. The Morgan fingerprint density at radius 3 is 2.57 bits per heavy atom. The predicted octanol–water partition coefficient (Wildman–Crippen LogP) is 4.52. The zero-order chi connectivity index (χ0) is 19.8. The molecule has 0 N–H and O–H groups in total. The Morgan fingerprint density at radius 1 is 0.964 bits per heavy atom. The number of furan rings is 1. The van der Waals surface area contributed by atoms with Gasteiger partial charge >= 0.3 is 11.6 Å². The van der Waals surface area contributed by atoms with Gasteiger partial charge in [-0.05, 0) is 43.7 Å². The average molecular weight is 378 g/mol. The first-order valence-electron chi connectivity index (χ1n) is 8.74. The molecule has 0 aliphatic rings. The van der Waals surface area contributed by atoms with Crippen molar-refractivity contribution in [2.24, 2.45) is 0 Å². The number of esters is 1. The highest BCUT2D eigenvalue weighted by atomic mass is 16.5. The first kappa shape index (κ1) is 17.9. The average Bonchev–Trinajstić information content (AvgIpc) is 3.01. The van der Waals surface area contributed by atoms with Gasteiger partial charge < -0.3 is 18.3 Å². The summed E-state index contributed by atoms with van der Waals surface area (Å²) in [6, 6.07) is 12.2. The molecular formula is C22H18O6. The van der Waals surface area contributed by atoms with Crippen LogP contribution >= 0.6 is 0 Å². The lowest BCUT2D eigenvalue weighted by atomic mass is 10.1. The summed E-state index contributed by atoms with van der Waals surface area (Å²) in [5, 5.41) is 1.51. The highest BCUT2D eigenvalue weighted by Crippen LogP contribution is 2.29. The zero-order valence-electron chi connectivity index (χ0n) is 15.7. The minimum Gasteiger partial charge on any atom is -0.497 e. The Bertz CT molecular complexity index is 1260. The van der Waals surface area contributed by atoms with E-state index in [0.717, 1.165) is 16.3 Å². The summed E-state index contributed by atoms with van der Waals surface area (Å²) in [7, 11) is 1.58. The first-order valence-corrected chi connectivity index (χ1v) is 8.74. The lowest BCUT2D eigenvalue weighted by Gasteiger charge is -2.07. The van der Waals surface area contributed by atoms with Gasteiger partial charge in [0.05, 0.1) is 7.11 Å². The molecule has 2 heterocycles. The number of ether oxygens (including phenoxy) is 2. The lowest BCUT2D eigenvalue weighted by Crippen LogP contribution is -2.08. The molecule has 0 bridgehead atoms. The second kappa shape index (κ2) is 6.88. The Morgan fingerprint density at radius 2 is 1.79 bits per heavy atom. The van der Waals surface area contributed by atoms with Gasteiger partial charge in [-0.15, -0.1) is 0 Å². The molecule has 0 fully saturated rings. The second-order valence-corrected chi connectivity index (χ2v) is 6.58. The smallest absolute Gasteiger partial charge is 0.374 e. The highest BCUT2D eigenvalue weighted by Gasteiger charge is 2.20. The fraction of sp³-hybridized carbons (Fsp3) is 0.182. The zero-order valence-corrected chi connectivity index (χ0v) is 15.7. The summed E-state index contributed by atoms with van der Waals surface area (Å²) in [4.78, 5) is 24.4. The number of carbonyl (C=O) groups is 1. The van der Waals surface area contributed by atoms with Crippen LogP contribution in [0.1, 0.15) is 27.2 Å². The summed E-state index contributed by atoms with van der Waals surface area (Å²) in [6.07, 6.45) is 0. The number of carbonyl (C=O) groups excluding carboxylic acids is 1. The fourth-order valence-electron chi connectivity index (χ4n) is 3.19. The van der Waals surface area contributed by atoms with Gasteiger partial charge in [-0.2, -0.15) is 0 Å². The minimum atomic E-state index is -0.596. The molecule has 0 radical (unpaired) electrons. The SMILES string of the molecule is COc1ccc2oc(C(=O)OCc3cc(=O)oc4cc(C)ccc34)c(C)c2c1. The van der Waals surface area contributed by atoms with E-state index in [4.69, 9.17) is 18.3 Å². The van der Waals surface area contributed by atoms with Crippen LogP contribution in [0.2, 0.25) is 0 Å². The number of aryl methyl sites for hydroxylation is 2. The van der Waals surface area contributed by atoms with Crippen molar-refractivity contribution < 1.29 is 23.1 Å². The van der Waals surface area contributed by atoms with Gasteiger partial charge in [-0.25, -0.2) is 9.59 Å². The van der Waals surface area contributed by atoms with Crippen molar-refractivity contribution in [1.29, 1.82) is 0 Å². The second-order valence-electron chi connectivity index (χ2n) is 6.58. The van der Waals surface area contributed by atoms with E-state index in [9.17, 15) is 9.59 Å². The van der Waals surface area contributed by atoms with Crippen LogP contribution in [0.15, 0.2) is 56.1 Å². The van der Waals surface area contributed by atoms with Gasteiger partial charge in [0, 0.05) is 28.0 Å². The van der Waals surface area contributed by atoms with Gasteiger partial charge in [0.25, 0.3) is 0 Å². The summed E-state index contributed by atoms with van der Waals surface area (Å²) in [5.41, 5.74) is 2.77. The third kappa shape index (κ3) is 3.13. The van der Waals surface area contributed by atoms with Crippen molar-refractivity contribution in [2.45, 2.75) is 20.5 Å².